The molecule has 1 amide bonds. The number of nitrogens with one attached hydrogen (secondary N) is 1. The predicted molar refractivity (Wildman–Crippen MR) is 378 cm³/mol. The van der Waals surface area contributed by atoms with E-state index in [-0.39, 0.29) is 19.1 Å². The van der Waals surface area contributed by atoms with Crippen LogP contribution in [0, 0.1) is 0 Å². The maximum atomic E-state index is 13.1. The molecule has 0 fully saturated rings. The van der Waals surface area contributed by atoms with Crippen molar-refractivity contribution < 1.29 is 32.9 Å². The van der Waals surface area contributed by atoms with E-state index in [0.717, 1.165) is 38.5 Å². The molecule has 0 aromatic carbocycles. The van der Waals surface area contributed by atoms with Gasteiger partial charge in [-0.3, -0.25) is 13.8 Å². The number of nitrogens with zero attached hydrogens (tertiary/aromatic N) is 1. The topological polar surface area (TPSA) is 105 Å². The summed E-state index contributed by atoms with van der Waals surface area (Å²) >= 11 is 0. The second kappa shape index (κ2) is 68.3. The first-order valence-electron chi connectivity index (χ1n) is 38.7. The van der Waals surface area contributed by atoms with Gasteiger partial charge in [-0.05, 0) is 32.1 Å². The number of rotatable bonds is 73. The third kappa shape index (κ3) is 70.4. The fraction of sp³-hybridized carbons (Fsp3) is 0.935. The Morgan fingerprint density at radius 1 is 0.384 bits per heavy atom. The molecule has 0 aromatic heterocycles. The number of amides is 1. The Balaban J connectivity index is 3.93. The SMILES string of the molecule is CCCCCCCCCCCCCCCCCCCCC/C=C/CC/C=C/C(O)C(COP(=O)(O)OCC[N+](C)(C)C)NC(=O)CCCCCCCCCCCCCCCCCCCCCCCCCCCCCCCCCCCCCCCCC. The van der Waals surface area contributed by atoms with E-state index in [1.807, 2.05) is 27.2 Å². The van der Waals surface area contributed by atoms with E-state index in [4.69, 9.17) is 9.05 Å². The summed E-state index contributed by atoms with van der Waals surface area (Å²) in [6.07, 6.45) is 90.9. The van der Waals surface area contributed by atoms with Crippen LogP contribution in [-0.4, -0.2) is 73.4 Å². The summed E-state index contributed by atoms with van der Waals surface area (Å²) in [7, 11) is 1.58. The highest BCUT2D eigenvalue weighted by atomic mass is 31.2. The molecular weight excluding hydrogens is 1080 g/mol. The van der Waals surface area contributed by atoms with Crippen LogP contribution in [0.5, 0.6) is 0 Å². The summed E-state index contributed by atoms with van der Waals surface area (Å²) in [6, 6.07) is -0.862. The Morgan fingerprint density at radius 3 is 0.930 bits per heavy atom. The van der Waals surface area contributed by atoms with Crippen LogP contribution in [0.2, 0.25) is 0 Å². The Kier molecular flexibility index (Phi) is 67.5. The second-order valence-electron chi connectivity index (χ2n) is 28.1. The summed E-state index contributed by atoms with van der Waals surface area (Å²) in [5.41, 5.74) is 0. The molecule has 0 heterocycles. The van der Waals surface area contributed by atoms with Gasteiger partial charge in [-0.15, -0.1) is 0 Å². The molecule has 0 saturated heterocycles. The van der Waals surface area contributed by atoms with Gasteiger partial charge in [0, 0.05) is 6.42 Å². The molecule has 0 radical (unpaired) electrons. The fourth-order valence-electron chi connectivity index (χ4n) is 12.2. The van der Waals surface area contributed by atoms with E-state index >= 15 is 0 Å². The molecule has 0 aliphatic heterocycles. The monoisotopic (exact) mass is 1230 g/mol. The van der Waals surface area contributed by atoms with Gasteiger partial charge in [0.2, 0.25) is 5.91 Å². The maximum absolute atomic E-state index is 13.1. The van der Waals surface area contributed by atoms with Crippen molar-refractivity contribution >= 4 is 13.7 Å². The molecule has 0 bridgehead atoms. The Bertz CT molecular complexity index is 1450. The summed E-state index contributed by atoms with van der Waals surface area (Å²) in [4.78, 5) is 23.4. The van der Waals surface area contributed by atoms with E-state index in [0.29, 0.717) is 17.4 Å². The number of hydrogen-bond donors (Lipinski definition) is 3. The zero-order valence-corrected chi connectivity index (χ0v) is 59.7. The third-order valence-electron chi connectivity index (χ3n) is 18.2. The zero-order chi connectivity index (χ0) is 62.6. The van der Waals surface area contributed by atoms with Crippen molar-refractivity contribution in [3.05, 3.63) is 24.3 Å². The van der Waals surface area contributed by atoms with Gasteiger partial charge in [0.25, 0.3) is 0 Å². The van der Waals surface area contributed by atoms with Gasteiger partial charge in [0.1, 0.15) is 13.2 Å². The number of unbranched alkanes of at least 4 members (excludes halogenated alkanes) is 58. The number of likely N-dealkylation sites (N-methyl/N-ethyl adjacent to an activating group) is 1. The van der Waals surface area contributed by atoms with Gasteiger partial charge >= 0.3 is 7.82 Å². The average Bonchev–Trinajstić information content (AvgIpc) is 3.70. The number of hydrogen-bond acceptors (Lipinski definition) is 5. The van der Waals surface area contributed by atoms with Crippen LogP contribution in [0.25, 0.3) is 0 Å². The van der Waals surface area contributed by atoms with Crippen LogP contribution in [-0.2, 0) is 18.4 Å². The summed E-state index contributed by atoms with van der Waals surface area (Å²) < 4.78 is 23.8. The minimum atomic E-state index is -4.36. The molecule has 9 heteroatoms. The van der Waals surface area contributed by atoms with E-state index < -0.39 is 20.0 Å². The highest BCUT2D eigenvalue weighted by molar-refractivity contribution is 7.47. The number of carbonyl (C=O) groups is 1. The minimum Gasteiger partial charge on any atom is -0.387 e. The quantitative estimate of drug-likeness (QED) is 0.0243. The molecular formula is C77H154N2O6P+. The first-order valence-corrected chi connectivity index (χ1v) is 40.2. The molecule has 3 unspecified atom stereocenters. The largest absolute Gasteiger partial charge is 0.472 e. The Morgan fingerprint density at radius 2 is 0.640 bits per heavy atom. The zero-order valence-electron chi connectivity index (χ0n) is 58.8. The van der Waals surface area contributed by atoms with E-state index in [1.165, 1.54) is 353 Å². The minimum absolute atomic E-state index is 0.0592. The number of allylic oxidation sites excluding steroid dienone is 3. The molecule has 3 atom stereocenters. The number of aliphatic hydroxyl groups excluding tert-OH is 1. The molecule has 8 nitrogen and oxygen atoms in total. The van der Waals surface area contributed by atoms with Crippen LogP contribution in [0.4, 0.5) is 0 Å². The van der Waals surface area contributed by atoms with Crippen molar-refractivity contribution in [3.8, 4) is 0 Å². The lowest BCUT2D eigenvalue weighted by Gasteiger charge is -2.25. The van der Waals surface area contributed by atoms with E-state index in [2.05, 4.69) is 31.3 Å². The number of quaternary nitrogens is 1. The molecule has 512 valence electrons. The van der Waals surface area contributed by atoms with Crippen molar-refractivity contribution in [1.29, 1.82) is 0 Å². The fourth-order valence-corrected chi connectivity index (χ4v) is 12.9. The third-order valence-corrected chi connectivity index (χ3v) is 19.2. The van der Waals surface area contributed by atoms with Gasteiger partial charge in [0.05, 0.1) is 39.9 Å². The van der Waals surface area contributed by atoms with Gasteiger partial charge in [0.15, 0.2) is 0 Å². The summed E-state index contributed by atoms with van der Waals surface area (Å²) in [5.74, 6) is -0.177. The highest BCUT2D eigenvalue weighted by Gasteiger charge is 2.28. The highest BCUT2D eigenvalue weighted by Crippen LogP contribution is 2.43. The molecule has 0 aromatic rings. The number of phosphoric ester groups is 1. The summed E-state index contributed by atoms with van der Waals surface area (Å²) in [5, 5.41) is 14.0. The first-order chi connectivity index (χ1) is 42.0. The molecule has 3 N–H and O–H groups in total. The maximum Gasteiger partial charge on any atom is 0.472 e. The van der Waals surface area contributed by atoms with Crippen molar-refractivity contribution in [2.45, 2.75) is 424 Å². The lowest BCUT2D eigenvalue weighted by Crippen LogP contribution is -2.45. The van der Waals surface area contributed by atoms with E-state index in [1.54, 1.807) is 6.08 Å². The van der Waals surface area contributed by atoms with Gasteiger partial charge < -0.3 is 19.8 Å². The van der Waals surface area contributed by atoms with Gasteiger partial charge in [-0.1, -0.05) is 398 Å². The molecule has 0 rings (SSSR count). The molecule has 0 aliphatic carbocycles. The number of phosphoric acid groups is 1. The molecule has 0 aliphatic rings. The van der Waals surface area contributed by atoms with Gasteiger partial charge in [-0.2, -0.15) is 0 Å². The molecule has 86 heavy (non-hydrogen) atoms. The van der Waals surface area contributed by atoms with Crippen molar-refractivity contribution in [1.82, 2.24) is 5.32 Å². The molecule has 0 saturated carbocycles. The van der Waals surface area contributed by atoms with Crippen molar-refractivity contribution in [2.75, 3.05) is 40.9 Å². The van der Waals surface area contributed by atoms with E-state index in [9.17, 15) is 19.4 Å². The van der Waals surface area contributed by atoms with Gasteiger partial charge in [-0.25, -0.2) is 4.57 Å². The van der Waals surface area contributed by atoms with Crippen LogP contribution in [0.15, 0.2) is 24.3 Å². The molecule has 0 spiro atoms. The normalized spacial score (nSPS) is 13.6. The van der Waals surface area contributed by atoms with Crippen LogP contribution in [0.3, 0.4) is 0 Å². The first kappa shape index (κ1) is 85.0. The van der Waals surface area contributed by atoms with Crippen molar-refractivity contribution in [3.63, 3.8) is 0 Å². The smallest absolute Gasteiger partial charge is 0.387 e. The second-order valence-corrected chi connectivity index (χ2v) is 29.5. The Hall–Kier alpha value is -1.02. The van der Waals surface area contributed by atoms with Crippen LogP contribution in [0.1, 0.15) is 412 Å². The van der Waals surface area contributed by atoms with Crippen LogP contribution >= 0.6 is 7.82 Å². The standard InChI is InChI=1S/C77H153N2O6P/c1-6-8-10-12-14-16-18-20-22-24-26-28-30-32-33-34-35-36-37-38-39-40-41-42-43-44-45-47-49-51-53-55-57-59-61-63-65-67-69-71-77(81)78-75(74-85-86(82,83)84-73-72-79(3,4)5)76(80)70-68-66-64-62-60-58-56-54-52-50-48-46-31-29-27-25-23-21-19-17-15-13-11-9-7-2/h60,62,68,70,75-76,80H,6-59,61,63-67,69,71-74H2,1-5H3,(H-,78,81,82,83)/p+1/b62-60+,70-68+. The van der Waals surface area contributed by atoms with Crippen molar-refractivity contribution in [2.24, 2.45) is 0 Å². The van der Waals surface area contributed by atoms with Crippen LogP contribution < -0.4 is 5.32 Å². The Labute approximate surface area is 538 Å². The average molecular weight is 1240 g/mol. The summed E-state index contributed by atoms with van der Waals surface area (Å²) in [6.45, 7) is 4.87. The lowest BCUT2D eigenvalue weighted by molar-refractivity contribution is -0.870. The number of aliphatic hydroxyl groups is 1. The lowest BCUT2D eigenvalue weighted by atomic mass is 10.0. The predicted octanol–water partition coefficient (Wildman–Crippen LogP) is 25.0. The number of carbonyl (C=O) groups excluding carboxylic acids is 1.